The number of ether oxygens (including phenoxy) is 1. The van der Waals surface area contributed by atoms with Gasteiger partial charge in [0.15, 0.2) is 5.82 Å². The third kappa shape index (κ3) is 2.90. The quantitative estimate of drug-likeness (QED) is 0.521. The number of carbonyl (C=O) groups is 1. The molecule has 2 aromatic carbocycles. The van der Waals surface area contributed by atoms with Crippen LogP contribution >= 0.6 is 0 Å². The number of hydrogen-bond acceptors (Lipinski definition) is 4. The molecule has 0 bridgehead atoms. The molecule has 3 heterocycles. The fourth-order valence-corrected chi connectivity index (χ4v) is 4.04. The molecule has 0 aliphatic carbocycles. The lowest BCUT2D eigenvalue weighted by atomic mass is 9.94. The number of imidazole rings is 1. The van der Waals surface area contributed by atoms with Crippen molar-refractivity contribution in [3.8, 4) is 0 Å². The highest BCUT2D eigenvalue weighted by Crippen LogP contribution is 2.32. The van der Waals surface area contributed by atoms with Crippen molar-refractivity contribution >= 4 is 27.7 Å². The Balaban J connectivity index is 1.51. The van der Waals surface area contributed by atoms with Crippen molar-refractivity contribution in [2.75, 3.05) is 13.2 Å². The molecule has 0 amide bonds. The molecule has 1 atom stereocenters. The summed E-state index contributed by atoms with van der Waals surface area (Å²) in [6.45, 7) is 3.49. The molecule has 1 saturated heterocycles. The Bertz CT molecular complexity index is 1140. The number of hydrogen-bond donors (Lipinski definition) is 2. The van der Waals surface area contributed by atoms with Crippen LogP contribution in [0.2, 0.25) is 0 Å². The molecular formula is C22H22N4O2. The number of nitrogens with zero attached hydrogens (tertiary/aromatic N) is 2. The summed E-state index contributed by atoms with van der Waals surface area (Å²) in [6, 6.07) is 13.8. The third-order valence-electron chi connectivity index (χ3n) is 5.73. The topological polar surface area (TPSA) is 83.7 Å². The van der Waals surface area contributed by atoms with Crippen molar-refractivity contribution in [3.05, 3.63) is 59.5 Å². The molecule has 5 rings (SSSR count). The van der Waals surface area contributed by atoms with Crippen LogP contribution in [0, 0.1) is 0 Å². The van der Waals surface area contributed by atoms with Gasteiger partial charge in [0.05, 0.1) is 16.6 Å². The molecule has 0 saturated carbocycles. The summed E-state index contributed by atoms with van der Waals surface area (Å²) in [7, 11) is 0. The van der Waals surface area contributed by atoms with Crippen LogP contribution in [0.25, 0.3) is 21.9 Å². The molecule has 6 nitrogen and oxygen atoms in total. The summed E-state index contributed by atoms with van der Waals surface area (Å²) < 4.78 is 5.48. The molecule has 142 valence electrons. The highest BCUT2D eigenvalue weighted by atomic mass is 16.5. The lowest BCUT2D eigenvalue weighted by Gasteiger charge is -2.21. The fraction of sp³-hybridized carbons (Fsp3) is 0.318. The van der Waals surface area contributed by atoms with Gasteiger partial charge >= 0.3 is 0 Å². The fourth-order valence-electron chi connectivity index (χ4n) is 4.04. The van der Waals surface area contributed by atoms with Crippen molar-refractivity contribution in [1.29, 1.82) is 0 Å². The van der Waals surface area contributed by atoms with E-state index in [2.05, 4.69) is 20.2 Å². The van der Waals surface area contributed by atoms with Gasteiger partial charge in [0.1, 0.15) is 0 Å². The molecule has 0 unspecified atom stereocenters. The first-order valence-electron chi connectivity index (χ1n) is 9.75. The largest absolute Gasteiger partial charge is 0.381 e. The van der Waals surface area contributed by atoms with E-state index in [-0.39, 0.29) is 17.5 Å². The highest BCUT2D eigenvalue weighted by Gasteiger charge is 2.23. The Hall–Kier alpha value is -2.99. The van der Waals surface area contributed by atoms with Gasteiger partial charge in [0.2, 0.25) is 5.78 Å². The minimum atomic E-state index is -0.269. The summed E-state index contributed by atoms with van der Waals surface area (Å²) in [5.74, 6) is 0.411. The van der Waals surface area contributed by atoms with Gasteiger partial charge in [-0.25, -0.2) is 9.97 Å². The van der Waals surface area contributed by atoms with E-state index in [9.17, 15) is 4.79 Å². The van der Waals surface area contributed by atoms with E-state index in [1.165, 1.54) is 5.69 Å². The maximum Gasteiger partial charge on any atom is 0.207 e. The molecule has 0 spiro atoms. The van der Waals surface area contributed by atoms with E-state index in [0.29, 0.717) is 5.92 Å². The lowest BCUT2D eigenvalue weighted by Crippen LogP contribution is -2.14. The number of aromatic nitrogens is 4. The highest BCUT2D eigenvalue weighted by molar-refractivity contribution is 6.02. The normalized spacial score (nSPS) is 16.6. The van der Waals surface area contributed by atoms with Gasteiger partial charge in [0.25, 0.3) is 0 Å². The number of rotatable bonds is 4. The number of benzene rings is 2. The number of nitrogens with one attached hydrogen (secondary N) is 2. The van der Waals surface area contributed by atoms with Gasteiger partial charge in [-0.05, 0) is 30.5 Å². The molecule has 0 radical (unpaired) electrons. The zero-order chi connectivity index (χ0) is 19.1. The van der Waals surface area contributed by atoms with Crippen molar-refractivity contribution in [1.82, 2.24) is 20.2 Å². The SMILES string of the molecule is C[C@H](C(=O)c1nc2cc3[nH][nH]c(C4CCOCC4)c3cc2n1)c1ccccc1. The molecule has 6 heteroatoms. The maximum atomic E-state index is 12.9. The van der Waals surface area contributed by atoms with Gasteiger partial charge < -0.3 is 14.9 Å². The van der Waals surface area contributed by atoms with Crippen molar-refractivity contribution in [2.24, 2.45) is 0 Å². The zero-order valence-corrected chi connectivity index (χ0v) is 15.7. The summed E-state index contributed by atoms with van der Waals surface area (Å²) >= 11 is 0. The van der Waals surface area contributed by atoms with Crippen LogP contribution in [0.1, 0.15) is 53.5 Å². The van der Waals surface area contributed by atoms with Crippen LogP contribution in [-0.4, -0.2) is 39.2 Å². The van der Waals surface area contributed by atoms with E-state index in [1.54, 1.807) is 0 Å². The smallest absolute Gasteiger partial charge is 0.207 e. The number of fused-ring (bicyclic) bond motifs is 2. The van der Waals surface area contributed by atoms with E-state index in [0.717, 1.165) is 53.6 Å². The Morgan fingerprint density at radius 3 is 2.54 bits per heavy atom. The number of H-pyrrole nitrogens is 2. The summed E-state index contributed by atoms with van der Waals surface area (Å²) in [5, 5.41) is 7.69. The first kappa shape index (κ1) is 17.1. The number of Topliss-reactive ketones (excluding diaryl/α,β-unsaturated/α-hetero) is 1. The Labute approximate surface area is 162 Å². The minimum Gasteiger partial charge on any atom is -0.381 e. The van der Waals surface area contributed by atoms with Crippen molar-refractivity contribution < 1.29 is 9.53 Å². The van der Waals surface area contributed by atoms with Crippen molar-refractivity contribution in [3.63, 3.8) is 0 Å². The average molecular weight is 374 g/mol. The first-order valence-corrected chi connectivity index (χ1v) is 9.75. The first-order chi connectivity index (χ1) is 13.7. The monoisotopic (exact) mass is 374 g/mol. The van der Waals surface area contributed by atoms with Crippen LogP contribution in [0.15, 0.2) is 42.5 Å². The average Bonchev–Trinajstić information content (AvgIpc) is 3.35. The van der Waals surface area contributed by atoms with Gasteiger partial charge in [-0.1, -0.05) is 37.3 Å². The number of carbonyl (C=O) groups excluding carboxylic acids is 1. The Morgan fingerprint density at radius 2 is 1.79 bits per heavy atom. The van der Waals surface area contributed by atoms with Gasteiger partial charge in [-0.3, -0.25) is 4.79 Å². The van der Waals surface area contributed by atoms with E-state index in [1.807, 2.05) is 49.4 Å². The standard InChI is InChI=1S/C22H22N4O2/c1-13(14-5-3-2-4-6-14)21(27)22-23-18-11-16-17(12-19(18)24-22)25-26-20(16)15-7-9-28-10-8-15/h2-6,11-13,15,25-26H,7-10H2,1H3/t13-/m0/s1. The van der Waals surface area contributed by atoms with E-state index < -0.39 is 0 Å². The molecule has 2 aromatic heterocycles. The second kappa shape index (κ2) is 6.87. The predicted octanol–water partition coefficient (Wildman–Crippen LogP) is 4.32. The zero-order valence-electron chi connectivity index (χ0n) is 15.7. The van der Waals surface area contributed by atoms with Crippen LogP contribution < -0.4 is 0 Å². The summed E-state index contributed by atoms with van der Waals surface area (Å²) in [6.07, 6.45) is 2.01. The number of ketones is 1. The van der Waals surface area contributed by atoms with Crippen LogP contribution in [0.5, 0.6) is 0 Å². The molecule has 1 fully saturated rings. The molecule has 4 aromatic rings. The van der Waals surface area contributed by atoms with Gasteiger partial charge in [-0.15, -0.1) is 0 Å². The number of aromatic amines is 2. The maximum absolute atomic E-state index is 12.9. The Morgan fingerprint density at radius 1 is 1.07 bits per heavy atom. The molecule has 2 N–H and O–H groups in total. The summed E-state index contributed by atoms with van der Waals surface area (Å²) in [4.78, 5) is 22.0. The Kier molecular flexibility index (Phi) is 4.20. The second-order valence-electron chi connectivity index (χ2n) is 7.48. The third-order valence-corrected chi connectivity index (χ3v) is 5.73. The van der Waals surface area contributed by atoms with E-state index >= 15 is 0 Å². The van der Waals surface area contributed by atoms with Crippen LogP contribution in [0.4, 0.5) is 0 Å². The predicted molar refractivity (Wildman–Crippen MR) is 108 cm³/mol. The van der Waals surface area contributed by atoms with Crippen molar-refractivity contribution in [2.45, 2.75) is 31.6 Å². The molecule has 1 aliphatic heterocycles. The second-order valence-corrected chi connectivity index (χ2v) is 7.48. The lowest BCUT2D eigenvalue weighted by molar-refractivity contribution is 0.0847. The van der Waals surface area contributed by atoms with Crippen LogP contribution in [-0.2, 0) is 4.74 Å². The summed E-state index contributed by atoms with van der Waals surface area (Å²) in [5.41, 5.74) is 4.66. The minimum absolute atomic E-state index is 0.0534. The van der Waals surface area contributed by atoms with E-state index in [4.69, 9.17) is 4.74 Å². The molecular weight excluding hydrogens is 352 g/mol. The van der Waals surface area contributed by atoms with Gasteiger partial charge in [0, 0.05) is 36.1 Å². The van der Waals surface area contributed by atoms with Crippen LogP contribution in [0.3, 0.4) is 0 Å². The van der Waals surface area contributed by atoms with Gasteiger partial charge in [-0.2, -0.15) is 0 Å². The molecule has 28 heavy (non-hydrogen) atoms. The molecule has 1 aliphatic rings.